The molecule has 1 atom stereocenters. The molecule has 1 unspecified atom stereocenters. The number of nitriles is 1. The molecule has 8 heteroatoms. The van der Waals surface area contributed by atoms with Crippen LogP contribution in [0.5, 0.6) is 0 Å². The second-order valence-electron chi connectivity index (χ2n) is 9.04. The lowest BCUT2D eigenvalue weighted by Gasteiger charge is -2.36. The van der Waals surface area contributed by atoms with Crippen molar-refractivity contribution < 1.29 is 13.2 Å². The van der Waals surface area contributed by atoms with Gasteiger partial charge in [0.1, 0.15) is 0 Å². The Morgan fingerprint density at radius 2 is 1.74 bits per heavy atom. The molecule has 0 bridgehead atoms. The van der Waals surface area contributed by atoms with Crippen molar-refractivity contribution in [3.05, 3.63) is 64.7 Å². The minimum absolute atomic E-state index is 0.0110. The van der Waals surface area contributed by atoms with Gasteiger partial charge in [0.2, 0.25) is 15.9 Å². The van der Waals surface area contributed by atoms with Gasteiger partial charge in [-0.15, -0.1) is 0 Å². The molecule has 1 fully saturated rings. The molecule has 0 radical (unpaired) electrons. The zero-order valence-corrected chi connectivity index (χ0v) is 20.7. The summed E-state index contributed by atoms with van der Waals surface area (Å²) in [6, 6.07) is 15.1. The first kappa shape index (κ1) is 24.4. The Bertz CT molecular complexity index is 1180. The molecule has 1 amide bonds. The van der Waals surface area contributed by atoms with Gasteiger partial charge in [0.05, 0.1) is 23.1 Å². The summed E-state index contributed by atoms with van der Waals surface area (Å²) in [5.74, 6) is 0.0110. The van der Waals surface area contributed by atoms with Crippen LogP contribution in [-0.4, -0.2) is 67.7 Å². The van der Waals surface area contributed by atoms with Crippen LogP contribution in [0.3, 0.4) is 0 Å². The van der Waals surface area contributed by atoms with Crippen molar-refractivity contribution in [2.75, 3.05) is 39.3 Å². The number of rotatable bonds is 7. The van der Waals surface area contributed by atoms with E-state index in [1.807, 2.05) is 31.2 Å². The summed E-state index contributed by atoms with van der Waals surface area (Å²) >= 11 is 0. The van der Waals surface area contributed by atoms with Crippen molar-refractivity contribution in [3.8, 4) is 6.07 Å². The summed E-state index contributed by atoms with van der Waals surface area (Å²) in [5, 5.41) is 9.00. The molecule has 34 heavy (non-hydrogen) atoms. The Balaban J connectivity index is 1.35. The van der Waals surface area contributed by atoms with Gasteiger partial charge in [0, 0.05) is 32.2 Å². The lowest BCUT2D eigenvalue weighted by Crippen LogP contribution is -2.52. The van der Waals surface area contributed by atoms with Crippen LogP contribution < -0.4 is 0 Å². The molecule has 1 aliphatic heterocycles. The fourth-order valence-electron chi connectivity index (χ4n) is 4.88. The normalized spacial score (nSPS) is 17.4. The molecule has 2 aromatic rings. The Hall–Kier alpha value is -2.73. The fraction of sp³-hybridized carbons (Fsp3) is 0.462. The maximum Gasteiger partial charge on any atom is 0.243 e. The molecule has 1 aliphatic carbocycles. The van der Waals surface area contributed by atoms with E-state index in [0.717, 1.165) is 30.4 Å². The second-order valence-corrected chi connectivity index (χ2v) is 11.0. The maximum absolute atomic E-state index is 13.2. The zero-order valence-electron chi connectivity index (χ0n) is 19.9. The molecule has 0 spiro atoms. The van der Waals surface area contributed by atoms with E-state index in [4.69, 9.17) is 5.26 Å². The quantitative estimate of drug-likeness (QED) is 0.608. The average Bonchev–Trinajstić information content (AvgIpc) is 3.35. The topological polar surface area (TPSA) is 84.7 Å². The van der Waals surface area contributed by atoms with Crippen LogP contribution in [0.1, 0.15) is 48.6 Å². The first-order valence-corrected chi connectivity index (χ1v) is 13.4. The van der Waals surface area contributed by atoms with E-state index in [-0.39, 0.29) is 18.5 Å². The second kappa shape index (κ2) is 10.3. The first-order valence-electron chi connectivity index (χ1n) is 12.0. The summed E-state index contributed by atoms with van der Waals surface area (Å²) in [7, 11) is -3.55. The van der Waals surface area contributed by atoms with E-state index in [0.29, 0.717) is 43.2 Å². The van der Waals surface area contributed by atoms with Crippen molar-refractivity contribution in [1.29, 1.82) is 5.26 Å². The van der Waals surface area contributed by atoms with Gasteiger partial charge < -0.3 is 4.90 Å². The number of aryl methyl sites for hydroxylation is 2. The Kier molecular flexibility index (Phi) is 7.36. The van der Waals surface area contributed by atoms with E-state index in [2.05, 4.69) is 17.9 Å². The number of likely N-dealkylation sites (N-methyl/N-ethyl adjacent to an activating group) is 1. The largest absolute Gasteiger partial charge is 0.339 e. The van der Waals surface area contributed by atoms with Crippen molar-refractivity contribution in [2.24, 2.45) is 0 Å². The van der Waals surface area contributed by atoms with Gasteiger partial charge in [-0.05, 0) is 73.7 Å². The van der Waals surface area contributed by atoms with E-state index in [9.17, 15) is 13.2 Å². The van der Waals surface area contributed by atoms with E-state index < -0.39 is 10.0 Å². The highest BCUT2D eigenvalue weighted by Crippen LogP contribution is 2.27. The number of fused-ring (bicyclic) bond motifs is 1. The van der Waals surface area contributed by atoms with Crippen LogP contribution >= 0.6 is 0 Å². The van der Waals surface area contributed by atoms with Gasteiger partial charge in [-0.25, -0.2) is 8.42 Å². The summed E-state index contributed by atoms with van der Waals surface area (Å²) < 4.78 is 27.9. The average molecular weight is 481 g/mol. The van der Waals surface area contributed by atoms with Crippen molar-refractivity contribution >= 4 is 15.9 Å². The molecule has 2 aromatic carbocycles. The molecule has 1 saturated heterocycles. The number of hydrogen-bond donors (Lipinski definition) is 0. The number of piperazine rings is 1. The van der Waals surface area contributed by atoms with Crippen LogP contribution in [0, 0.1) is 11.3 Å². The first-order chi connectivity index (χ1) is 16.3. The minimum Gasteiger partial charge on any atom is -0.339 e. The third kappa shape index (κ3) is 5.02. The predicted molar refractivity (Wildman–Crippen MR) is 131 cm³/mol. The number of carbonyl (C=O) groups excluding carboxylic acids is 1. The third-order valence-electron chi connectivity index (χ3n) is 7.11. The minimum atomic E-state index is -3.55. The summed E-state index contributed by atoms with van der Waals surface area (Å²) in [5.41, 5.74) is 4.07. The Morgan fingerprint density at radius 3 is 2.38 bits per heavy atom. The molecule has 1 heterocycles. The molecule has 7 nitrogen and oxygen atoms in total. The highest BCUT2D eigenvalue weighted by Gasteiger charge is 2.31. The van der Waals surface area contributed by atoms with Crippen molar-refractivity contribution in [1.82, 2.24) is 14.1 Å². The van der Waals surface area contributed by atoms with E-state index in [1.54, 1.807) is 23.1 Å². The van der Waals surface area contributed by atoms with Crippen LogP contribution in [0.4, 0.5) is 0 Å². The Labute approximate surface area is 202 Å². The predicted octanol–water partition coefficient (Wildman–Crippen LogP) is 2.96. The maximum atomic E-state index is 13.2. The van der Waals surface area contributed by atoms with Crippen molar-refractivity contribution in [2.45, 2.75) is 44.0 Å². The number of hydrogen-bond acceptors (Lipinski definition) is 5. The lowest BCUT2D eigenvalue weighted by atomic mass is 10.0. The molecule has 180 valence electrons. The highest BCUT2D eigenvalue weighted by atomic mass is 32.2. The van der Waals surface area contributed by atoms with E-state index >= 15 is 0 Å². The van der Waals surface area contributed by atoms with Crippen LogP contribution in [0.15, 0.2) is 47.4 Å². The summed E-state index contributed by atoms with van der Waals surface area (Å²) in [6.45, 7) is 6.46. The van der Waals surface area contributed by atoms with Gasteiger partial charge in [0.25, 0.3) is 0 Å². The molecule has 0 saturated carbocycles. The summed E-state index contributed by atoms with van der Waals surface area (Å²) in [4.78, 5) is 17.3. The van der Waals surface area contributed by atoms with Crippen molar-refractivity contribution in [3.63, 3.8) is 0 Å². The number of sulfonamides is 1. The molecular weight excluding hydrogens is 448 g/mol. The number of carbonyl (C=O) groups is 1. The number of nitrogens with zero attached hydrogens (tertiary/aromatic N) is 4. The molecule has 0 N–H and O–H groups in total. The third-order valence-corrected chi connectivity index (χ3v) is 9.01. The molecule has 2 aliphatic rings. The fourth-order valence-corrected chi connectivity index (χ4v) is 6.35. The Morgan fingerprint density at radius 1 is 1.06 bits per heavy atom. The van der Waals surface area contributed by atoms with E-state index in [1.165, 1.54) is 9.87 Å². The number of amides is 1. The lowest BCUT2D eigenvalue weighted by molar-refractivity contribution is -0.134. The molecule has 4 rings (SSSR count). The van der Waals surface area contributed by atoms with Crippen LogP contribution in [0.25, 0.3) is 0 Å². The highest BCUT2D eigenvalue weighted by molar-refractivity contribution is 7.89. The monoisotopic (exact) mass is 480 g/mol. The van der Waals surface area contributed by atoms with Gasteiger partial charge in [-0.1, -0.05) is 25.1 Å². The molecule has 0 aromatic heterocycles. The van der Waals surface area contributed by atoms with Gasteiger partial charge in [0.15, 0.2) is 0 Å². The zero-order chi connectivity index (χ0) is 24.3. The van der Waals surface area contributed by atoms with Crippen LogP contribution in [-0.2, 0) is 27.7 Å². The standard InChI is InChI=1S/C26H32N4O3S/c1-3-28(20(2)22-9-7-21(18-27)8-10-22)19-26(31)29-13-15-30(16-14-29)34(32,33)25-12-11-23-5-4-6-24(23)17-25/h7-12,17,20H,3-6,13-16,19H2,1-2H3. The van der Waals surface area contributed by atoms with Gasteiger partial charge >= 0.3 is 0 Å². The summed E-state index contributed by atoms with van der Waals surface area (Å²) in [6.07, 6.45) is 3.04. The number of benzene rings is 2. The van der Waals surface area contributed by atoms with Crippen LogP contribution in [0.2, 0.25) is 0 Å². The smallest absolute Gasteiger partial charge is 0.243 e. The van der Waals surface area contributed by atoms with Gasteiger partial charge in [-0.3, -0.25) is 9.69 Å². The molecular formula is C26H32N4O3S. The SMILES string of the molecule is CCN(CC(=O)N1CCN(S(=O)(=O)c2ccc3c(c2)CCC3)CC1)C(C)c1ccc(C#N)cc1. The van der Waals surface area contributed by atoms with Gasteiger partial charge in [-0.2, -0.15) is 9.57 Å².